The molecule has 3 aromatic rings. The molecule has 0 unspecified atom stereocenters. The Morgan fingerprint density at radius 1 is 1.14 bits per heavy atom. The van der Waals surface area contributed by atoms with Crippen molar-refractivity contribution in [2.24, 2.45) is 0 Å². The molecule has 0 saturated heterocycles. The van der Waals surface area contributed by atoms with E-state index in [1.165, 1.54) is 25.1 Å². The third-order valence-electron chi connectivity index (χ3n) is 4.21. The number of ether oxygens (including phenoxy) is 2. The summed E-state index contributed by atoms with van der Waals surface area (Å²) >= 11 is 0. The van der Waals surface area contributed by atoms with Crippen LogP contribution in [0.25, 0.3) is 0 Å². The maximum Gasteiger partial charge on any atom is 0.339 e. The number of para-hydroxylation sites is 2. The normalized spacial score (nSPS) is 11.6. The Kier molecular flexibility index (Phi) is 6.20. The number of aliphatic hydroxyl groups excluding tert-OH is 1. The summed E-state index contributed by atoms with van der Waals surface area (Å²) in [6.45, 7) is 0.0827. The largest absolute Gasteiger partial charge is 0.496 e. The van der Waals surface area contributed by atoms with Gasteiger partial charge in [0.1, 0.15) is 11.9 Å². The number of carbonyl (C=O) groups excluding carboxylic acids is 2. The molecule has 0 aliphatic heterocycles. The Hall–Kier alpha value is -3.72. The lowest BCUT2D eigenvalue weighted by atomic mass is 10.1. The fourth-order valence-electron chi connectivity index (χ4n) is 2.78. The van der Waals surface area contributed by atoms with E-state index in [9.17, 15) is 14.7 Å². The Morgan fingerprint density at radius 2 is 1.86 bits per heavy atom. The zero-order valence-corrected chi connectivity index (χ0v) is 15.9. The van der Waals surface area contributed by atoms with Gasteiger partial charge in [-0.2, -0.15) is 0 Å². The van der Waals surface area contributed by atoms with Crippen LogP contribution < -0.4 is 10.1 Å². The molecule has 1 amide bonds. The maximum absolute atomic E-state index is 12.5. The van der Waals surface area contributed by atoms with Crippen LogP contribution in [0, 0.1) is 0 Å². The lowest BCUT2D eigenvalue weighted by Crippen LogP contribution is -2.16. The van der Waals surface area contributed by atoms with E-state index in [1.54, 1.807) is 48.5 Å². The van der Waals surface area contributed by atoms with Crippen molar-refractivity contribution >= 4 is 17.6 Å². The summed E-state index contributed by atoms with van der Waals surface area (Å²) in [5.74, 6) is -0.554. The van der Waals surface area contributed by atoms with Gasteiger partial charge in [0, 0.05) is 5.56 Å². The van der Waals surface area contributed by atoms with Crippen molar-refractivity contribution in [1.82, 2.24) is 15.0 Å². The number of esters is 1. The molecule has 0 radical (unpaired) electrons. The highest BCUT2D eigenvalue weighted by Gasteiger charge is 2.18. The summed E-state index contributed by atoms with van der Waals surface area (Å²) in [5.41, 5.74) is 1.16. The predicted molar refractivity (Wildman–Crippen MR) is 104 cm³/mol. The molecular weight excluding hydrogens is 376 g/mol. The van der Waals surface area contributed by atoms with Crippen LogP contribution in [0.2, 0.25) is 0 Å². The Bertz CT molecular complexity index is 1020. The molecule has 2 N–H and O–H groups in total. The van der Waals surface area contributed by atoms with Gasteiger partial charge in [0.15, 0.2) is 5.69 Å². The van der Waals surface area contributed by atoms with Crippen molar-refractivity contribution in [1.29, 1.82) is 0 Å². The maximum atomic E-state index is 12.5. The van der Waals surface area contributed by atoms with Gasteiger partial charge in [-0.3, -0.25) is 4.79 Å². The van der Waals surface area contributed by atoms with E-state index in [4.69, 9.17) is 9.47 Å². The number of anilines is 1. The minimum Gasteiger partial charge on any atom is -0.496 e. The zero-order valence-electron chi connectivity index (χ0n) is 15.9. The van der Waals surface area contributed by atoms with Gasteiger partial charge in [-0.1, -0.05) is 35.5 Å². The first kappa shape index (κ1) is 20.0. The van der Waals surface area contributed by atoms with E-state index >= 15 is 0 Å². The van der Waals surface area contributed by atoms with Crippen LogP contribution in [-0.4, -0.2) is 46.2 Å². The van der Waals surface area contributed by atoms with Gasteiger partial charge >= 0.3 is 5.97 Å². The number of aromatic nitrogens is 3. The highest BCUT2D eigenvalue weighted by atomic mass is 16.5. The second kappa shape index (κ2) is 8.98. The molecule has 0 aliphatic carbocycles. The van der Waals surface area contributed by atoms with Crippen LogP contribution in [0.3, 0.4) is 0 Å². The number of hydrogen-bond donors (Lipinski definition) is 2. The summed E-state index contributed by atoms with van der Waals surface area (Å²) in [6.07, 6.45) is 0.512. The molecule has 0 aliphatic rings. The van der Waals surface area contributed by atoms with Crippen LogP contribution in [0.4, 0.5) is 5.69 Å². The number of methoxy groups -OCH3 is 2. The predicted octanol–water partition coefficient (Wildman–Crippen LogP) is 2.06. The molecule has 29 heavy (non-hydrogen) atoms. The fourth-order valence-corrected chi connectivity index (χ4v) is 2.78. The minimum absolute atomic E-state index is 0.0388. The van der Waals surface area contributed by atoms with Gasteiger partial charge in [0.05, 0.1) is 38.2 Å². The molecule has 9 nitrogen and oxygen atoms in total. The standard InChI is InChI=1S/C20H20N4O5/c1-28-18-10-6-4-8-14(18)17(25)12-24-11-16(22-23-24)19(26)21-15-9-5-3-7-13(15)20(27)29-2/h3-11,17,25H,12H2,1-2H3,(H,21,26)/t17-/m0/s1. The summed E-state index contributed by atoms with van der Waals surface area (Å²) in [4.78, 5) is 24.3. The van der Waals surface area contributed by atoms with E-state index in [1.807, 2.05) is 0 Å². The highest BCUT2D eigenvalue weighted by molar-refractivity contribution is 6.06. The van der Waals surface area contributed by atoms with E-state index in [0.717, 1.165) is 0 Å². The molecule has 1 aromatic heterocycles. The minimum atomic E-state index is -0.899. The number of amides is 1. The van der Waals surface area contributed by atoms with E-state index in [0.29, 0.717) is 17.0 Å². The lowest BCUT2D eigenvalue weighted by Gasteiger charge is -2.14. The third-order valence-corrected chi connectivity index (χ3v) is 4.21. The SMILES string of the molecule is COC(=O)c1ccccc1NC(=O)c1cn(C[C@H](O)c2ccccc2OC)nn1. The van der Waals surface area contributed by atoms with Crippen LogP contribution in [-0.2, 0) is 11.3 Å². The molecule has 0 saturated carbocycles. The number of aliphatic hydroxyl groups is 1. The van der Waals surface area contributed by atoms with Gasteiger partial charge in [-0.05, 0) is 18.2 Å². The van der Waals surface area contributed by atoms with Gasteiger partial charge in [0.2, 0.25) is 0 Å². The number of hydrogen-bond acceptors (Lipinski definition) is 7. The summed E-state index contributed by atoms with van der Waals surface area (Å²) in [5, 5.41) is 20.8. The smallest absolute Gasteiger partial charge is 0.339 e. The Morgan fingerprint density at radius 3 is 2.62 bits per heavy atom. The van der Waals surface area contributed by atoms with Crippen LogP contribution in [0.5, 0.6) is 5.75 Å². The number of rotatable bonds is 7. The molecular formula is C20H20N4O5. The van der Waals surface area contributed by atoms with Crippen molar-refractivity contribution in [3.8, 4) is 5.75 Å². The molecule has 9 heteroatoms. The second-order valence-corrected chi connectivity index (χ2v) is 6.07. The Balaban J connectivity index is 1.72. The highest BCUT2D eigenvalue weighted by Crippen LogP contribution is 2.25. The van der Waals surface area contributed by atoms with E-state index in [-0.39, 0.29) is 17.8 Å². The molecule has 2 aromatic carbocycles. The molecule has 0 bridgehead atoms. The first-order valence-corrected chi connectivity index (χ1v) is 8.73. The fraction of sp³-hybridized carbons (Fsp3) is 0.200. The molecule has 3 rings (SSSR count). The van der Waals surface area contributed by atoms with Crippen molar-refractivity contribution in [2.75, 3.05) is 19.5 Å². The van der Waals surface area contributed by atoms with Gasteiger partial charge in [-0.25, -0.2) is 9.48 Å². The number of benzene rings is 2. The molecule has 1 heterocycles. The monoisotopic (exact) mass is 396 g/mol. The summed E-state index contributed by atoms with van der Waals surface area (Å²) in [7, 11) is 2.79. The molecule has 150 valence electrons. The molecule has 0 spiro atoms. The first-order chi connectivity index (χ1) is 14.0. The lowest BCUT2D eigenvalue weighted by molar-refractivity contribution is 0.0602. The quantitative estimate of drug-likeness (QED) is 0.587. The van der Waals surface area contributed by atoms with Gasteiger partial charge in [0.25, 0.3) is 5.91 Å². The van der Waals surface area contributed by atoms with Gasteiger partial charge in [-0.15, -0.1) is 5.10 Å². The van der Waals surface area contributed by atoms with Crippen molar-refractivity contribution < 1.29 is 24.2 Å². The first-order valence-electron chi connectivity index (χ1n) is 8.73. The van der Waals surface area contributed by atoms with Gasteiger partial charge < -0.3 is 19.9 Å². The average Bonchev–Trinajstić information content (AvgIpc) is 3.22. The van der Waals surface area contributed by atoms with Crippen LogP contribution in [0.15, 0.2) is 54.7 Å². The van der Waals surface area contributed by atoms with E-state index in [2.05, 4.69) is 15.6 Å². The zero-order chi connectivity index (χ0) is 20.8. The second-order valence-electron chi connectivity index (χ2n) is 6.07. The third kappa shape index (κ3) is 4.58. The van der Waals surface area contributed by atoms with Crippen molar-refractivity contribution in [3.05, 3.63) is 71.5 Å². The molecule has 1 atom stereocenters. The summed E-state index contributed by atoms with van der Waals surface area (Å²) < 4.78 is 11.3. The van der Waals surface area contributed by atoms with Crippen LogP contribution in [0.1, 0.15) is 32.5 Å². The van der Waals surface area contributed by atoms with E-state index < -0.39 is 18.0 Å². The average molecular weight is 396 g/mol. The summed E-state index contributed by atoms with van der Waals surface area (Å²) in [6, 6.07) is 13.6. The number of nitrogens with one attached hydrogen (secondary N) is 1. The number of carbonyl (C=O) groups is 2. The van der Waals surface area contributed by atoms with Crippen molar-refractivity contribution in [3.63, 3.8) is 0 Å². The van der Waals surface area contributed by atoms with Crippen molar-refractivity contribution in [2.45, 2.75) is 12.6 Å². The van der Waals surface area contributed by atoms with Crippen LogP contribution >= 0.6 is 0 Å². The molecule has 0 fully saturated rings. The topological polar surface area (TPSA) is 116 Å². The Labute approximate surface area is 166 Å². The number of nitrogens with zero attached hydrogens (tertiary/aromatic N) is 3.